The molecule has 0 bridgehead atoms. The lowest BCUT2D eigenvalue weighted by Gasteiger charge is -2.12. The van der Waals surface area contributed by atoms with Gasteiger partial charge in [-0.1, -0.05) is 12.1 Å². The Morgan fingerprint density at radius 1 is 1.04 bits per heavy atom. The fraction of sp³-hybridized carbons (Fsp3) is 0.235. The van der Waals surface area contributed by atoms with Crippen LogP contribution < -0.4 is 15.4 Å². The highest BCUT2D eigenvalue weighted by Gasteiger charge is 2.05. The summed E-state index contributed by atoms with van der Waals surface area (Å²) in [6.45, 7) is 0.696. The van der Waals surface area contributed by atoms with Crippen molar-refractivity contribution in [1.29, 1.82) is 0 Å². The highest BCUT2D eigenvalue weighted by atomic mass is 19.1. The Bertz CT molecular complexity index is 672. The minimum atomic E-state index is -0.468. The lowest BCUT2D eigenvalue weighted by Crippen LogP contribution is -2.36. The smallest absolute Gasteiger partial charge is 0.191 e. The van der Waals surface area contributed by atoms with E-state index >= 15 is 0 Å². The van der Waals surface area contributed by atoms with E-state index in [2.05, 4.69) is 15.6 Å². The van der Waals surface area contributed by atoms with Crippen LogP contribution in [-0.4, -0.2) is 20.1 Å². The number of hydrogen-bond donors (Lipinski definition) is 2. The molecule has 0 saturated carbocycles. The fourth-order valence-corrected chi connectivity index (χ4v) is 2.01. The first-order valence-electron chi connectivity index (χ1n) is 7.13. The zero-order valence-corrected chi connectivity index (χ0v) is 13.1. The first kappa shape index (κ1) is 16.7. The molecule has 6 heteroatoms. The van der Waals surface area contributed by atoms with E-state index < -0.39 is 11.6 Å². The Morgan fingerprint density at radius 3 is 2.39 bits per heavy atom. The molecule has 4 nitrogen and oxygen atoms in total. The molecule has 122 valence electrons. The van der Waals surface area contributed by atoms with Crippen molar-refractivity contribution in [3.63, 3.8) is 0 Å². The number of benzene rings is 2. The maximum Gasteiger partial charge on any atom is 0.191 e. The van der Waals surface area contributed by atoms with E-state index in [1.165, 1.54) is 6.07 Å². The third-order valence-corrected chi connectivity index (χ3v) is 3.30. The van der Waals surface area contributed by atoms with Crippen molar-refractivity contribution in [2.45, 2.75) is 13.1 Å². The molecule has 0 aliphatic rings. The number of nitrogens with zero attached hydrogens (tertiary/aromatic N) is 1. The molecule has 0 fully saturated rings. The summed E-state index contributed by atoms with van der Waals surface area (Å²) in [5.74, 6) is 0.371. The largest absolute Gasteiger partial charge is 0.497 e. The summed E-state index contributed by atoms with van der Waals surface area (Å²) in [5.41, 5.74) is 1.29. The molecule has 0 radical (unpaired) electrons. The second-order valence-corrected chi connectivity index (χ2v) is 4.86. The number of nitrogens with one attached hydrogen (secondary N) is 2. The minimum Gasteiger partial charge on any atom is -0.497 e. The van der Waals surface area contributed by atoms with Crippen molar-refractivity contribution in [3.05, 3.63) is 65.2 Å². The van der Waals surface area contributed by atoms with Crippen molar-refractivity contribution in [2.75, 3.05) is 14.2 Å². The standard InChI is InChI=1S/C17H19F2N3O/c1-20-17(21-10-12-3-6-15(23-2)7-4-12)22-11-13-9-14(18)5-8-16(13)19/h3-9H,10-11H2,1-2H3,(H2,20,21,22). The Hall–Kier alpha value is -2.63. The summed E-state index contributed by atoms with van der Waals surface area (Å²) < 4.78 is 31.8. The first-order valence-corrected chi connectivity index (χ1v) is 7.13. The molecule has 23 heavy (non-hydrogen) atoms. The van der Waals surface area contributed by atoms with Gasteiger partial charge in [0.05, 0.1) is 7.11 Å². The molecule has 0 aliphatic heterocycles. The summed E-state index contributed by atoms with van der Waals surface area (Å²) in [7, 11) is 3.23. The molecule has 0 aliphatic carbocycles. The van der Waals surface area contributed by atoms with Gasteiger partial charge < -0.3 is 15.4 Å². The van der Waals surface area contributed by atoms with E-state index in [1.807, 2.05) is 24.3 Å². The molecule has 2 aromatic rings. The van der Waals surface area contributed by atoms with Gasteiger partial charge in [-0.3, -0.25) is 4.99 Å². The van der Waals surface area contributed by atoms with Crippen molar-refractivity contribution in [3.8, 4) is 5.75 Å². The van der Waals surface area contributed by atoms with Gasteiger partial charge in [0.2, 0.25) is 0 Å². The fourth-order valence-electron chi connectivity index (χ4n) is 2.01. The number of halogens is 2. The molecular weight excluding hydrogens is 300 g/mol. The van der Waals surface area contributed by atoms with E-state index in [9.17, 15) is 8.78 Å². The molecule has 2 N–H and O–H groups in total. The lowest BCUT2D eigenvalue weighted by atomic mass is 10.2. The Labute approximate surface area is 134 Å². The van der Waals surface area contributed by atoms with Gasteiger partial charge in [0.25, 0.3) is 0 Å². The molecule has 2 aromatic carbocycles. The minimum absolute atomic E-state index is 0.145. The number of hydrogen-bond acceptors (Lipinski definition) is 2. The van der Waals surface area contributed by atoms with Gasteiger partial charge >= 0.3 is 0 Å². The first-order chi connectivity index (χ1) is 11.1. The number of methoxy groups -OCH3 is 1. The summed E-state index contributed by atoms with van der Waals surface area (Å²) >= 11 is 0. The third kappa shape index (κ3) is 4.95. The number of aliphatic imine (C=N–C) groups is 1. The summed E-state index contributed by atoms with van der Waals surface area (Å²) in [6, 6.07) is 11.0. The number of guanidine groups is 1. The van der Waals surface area contributed by atoms with Crippen LogP contribution in [0.4, 0.5) is 8.78 Å². The van der Waals surface area contributed by atoms with Crippen LogP contribution >= 0.6 is 0 Å². The zero-order chi connectivity index (χ0) is 16.7. The van der Waals surface area contributed by atoms with Crippen molar-refractivity contribution >= 4 is 5.96 Å². The molecule has 0 unspecified atom stereocenters. The maximum atomic E-state index is 13.6. The van der Waals surface area contributed by atoms with Gasteiger partial charge in [0.15, 0.2) is 5.96 Å². The maximum absolute atomic E-state index is 13.6. The van der Waals surface area contributed by atoms with Crippen LogP contribution in [0.5, 0.6) is 5.75 Å². The third-order valence-electron chi connectivity index (χ3n) is 3.30. The van der Waals surface area contributed by atoms with Gasteiger partial charge in [-0.15, -0.1) is 0 Å². The highest BCUT2D eigenvalue weighted by Crippen LogP contribution is 2.11. The van der Waals surface area contributed by atoms with E-state index in [0.717, 1.165) is 23.4 Å². The second kappa shape index (κ2) is 8.12. The molecular formula is C17H19F2N3O. The average Bonchev–Trinajstić information content (AvgIpc) is 2.58. The average molecular weight is 319 g/mol. The van der Waals surface area contributed by atoms with Crippen LogP contribution in [0, 0.1) is 11.6 Å². The quantitative estimate of drug-likeness (QED) is 0.658. The van der Waals surface area contributed by atoms with Crippen LogP contribution in [0.1, 0.15) is 11.1 Å². The van der Waals surface area contributed by atoms with Gasteiger partial charge in [-0.25, -0.2) is 8.78 Å². The molecule has 0 heterocycles. The number of ether oxygens (including phenoxy) is 1. The predicted octanol–water partition coefficient (Wildman–Crippen LogP) is 2.84. The van der Waals surface area contributed by atoms with Gasteiger partial charge in [-0.2, -0.15) is 0 Å². The van der Waals surface area contributed by atoms with Crippen molar-refractivity contribution in [1.82, 2.24) is 10.6 Å². The summed E-state index contributed by atoms with van der Waals surface area (Å²) in [6.07, 6.45) is 0. The van der Waals surface area contributed by atoms with E-state index in [4.69, 9.17) is 4.74 Å². The monoisotopic (exact) mass is 319 g/mol. The van der Waals surface area contributed by atoms with E-state index in [-0.39, 0.29) is 12.1 Å². The summed E-state index contributed by atoms with van der Waals surface area (Å²) in [4.78, 5) is 4.06. The molecule has 0 spiro atoms. The zero-order valence-electron chi connectivity index (χ0n) is 13.1. The Balaban J connectivity index is 1.89. The highest BCUT2D eigenvalue weighted by molar-refractivity contribution is 5.79. The van der Waals surface area contributed by atoms with Gasteiger partial charge in [-0.05, 0) is 35.9 Å². The van der Waals surface area contributed by atoms with Crippen LogP contribution in [-0.2, 0) is 13.1 Å². The number of rotatable bonds is 5. The summed E-state index contributed by atoms with van der Waals surface area (Å²) in [5, 5.41) is 6.06. The van der Waals surface area contributed by atoms with Crippen LogP contribution in [0.15, 0.2) is 47.5 Å². The Morgan fingerprint density at radius 2 is 1.74 bits per heavy atom. The van der Waals surface area contributed by atoms with Crippen LogP contribution in [0.2, 0.25) is 0 Å². The van der Waals surface area contributed by atoms with Crippen LogP contribution in [0.25, 0.3) is 0 Å². The van der Waals surface area contributed by atoms with Crippen molar-refractivity contribution < 1.29 is 13.5 Å². The molecule has 2 rings (SSSR count). The molecule has 0 aromatic heterocycles. The predicted molar refractivity (Wildman–Crippen MR) is 86.4 cm³/mol. The molecule has 0 saturated heterocycles. The lowest BCUT2D eigenvalue weighted by molar-refractivity contribution is 0.414. The Kier molecular flexibility index (Phi) is 5.91. The van der Waals surface area contributed by atoms with E-state index in [0.29, 0.717) is 12.5 Å². The van der Waals surface area contributed by atoms with Gasteiger partial charge in [0.1, 0.15) is 17.4 Å². The SMILES string of the molecule is CN=C(NCc1ccc(OC)cc1)NCc1cc(F)ccc1F. The molecule has 0 atom stereocenters. The normalized spacial score (nSPS) is 11.2. The molecule has 0 amide bonds. The van der Waals surface area contributed by atoms with Crippen molar-refractivity contribution in [2.24, 2.45) is 4.99 Å². The van der Waals surface area contributed by atoms with Crippen LogP contribution in [0.3, 0.4) is 0 Å². The topological polar surface area (TPSA) is 45.7 Å². The van der Waals surface area contributed by atoms with Gasteiger partial charge in [0, 0.05) is 25.7 Å². The second-order valence-electron chi connectivity index (χ2n) is 4.86. The van der Waals surface area contributed by atoms with E-state index in [1.54, 1.807) is 14.2 Å².